The standard InChI is InChI=1S/C16H22Cl2/c1-11(2)13-6-7-16(18)14(10-13)8-12-4-3-5-15(17)9-12/h3-5,9,11,13-14,16H,6-8,10H2,1-2H3. The first-order valence-electron chi connectivity index (χ1n) is 6.94. The molecule has 0 spiro atoms. The molecule has 2 rings (SSSR count). The van der Waals surface area contributed by atoms with E-state index in [9.17, 15) is 0 Å². The van der Waals surface area contributed by atoms with Gasteiger partial charge in [-0.1, -0.05) is 37.6 Å². The Balaban J connectivity index is 2.02. The maximum atomic E-state index is 6.51. The van der Waals surface area contributed by atoms with Crippen molar-refractivity contribution in [1.29, 1.82) is 0 Å². The molecule has 0 radical (unpaired) electrons. The predicted octanol–water partition coefficient (Wildman–Crippen LogP) is 5.56. The van der Waals surface area contributed by atoms with E-state index in [1.165, 1.54) is 18.4 Å². The Morgan fingerprint density at radius 3 is 2.72 bits per heavy atom. The quantitative estimate of drug-likeness (QED) is 0.637. The Bertz CT molecular complexity index is 386. The van der Waals surface area contributed by atoms with Gasteiger partial charge in [-0.25, -0.2) is 0 Å². The molecule has 3 unspecified atom stereocenters. The molecule has 0 nitrogen and oxygen atoms in total. The van der Waals surface area contributed by atoms with Crippen molar-refractivity contribution < 1.29 is 0 Å². The number of alkyl halides is 1. The van der Waals surface area contributed by atoms with Crippen molar-refractivity contribution in [1.82, 2.24) is 0 Å². The number of benzene rings is 1. The minimum Gasteiger partial charge on any atom is -0.123 e. The minimum atomic E-state index is 0.332. The third kappa shape index (κ3) is 3.65. The molecule has 0 heterocycles. The lowest BCUT2D eigenvalue weighted by Crippen LogP contribution is -2.29. The summed E-state index contributed by atoms with van der Waals surface area (Å²) in [6.07, 6.45) is 4.78. The van der Waals surface area contributed by atoms with Crippen molar-refractivity contribution in [3.8, 4) is 0 Å². The van der Waals surface area contributed by atoms with Gasteiger partial charge in [-0.2, -0.15) is 0 Å². The van der Waals surface area contributed by atoms with Crippen LogP contribution < -0.4 is 0 Å². The third-order valence-corrected chi connectivity index (χ3v) is 5.07. The molecule has 0 aliphatic heterocycles. The van der Waals surface area contributed by atoms with E-state index in [2.05, 4.69) is 26.0 Å². The summed E-state index contributed by atoms with van der Waals surface area (Å²) < 4.78 is 0. The van der Waals surface area contributed by atoms with Crippen molar-refractivity contribution in [2.75, 3.05) is 0 Å². The number of halogens is 2. The monoisotopic (exact) mass is 284 g/mol. The SMILES string of the molecule is CC(C)C1CCC(Cl)C(Cc2cccc(Cl)c2)C1. The summed E-state index contributed by atoms with van der Waals surface area (Å²) in [7, 11) is 0. The molecule has 0 aromatic heterocycles. The average Bonchev–Trinajstić information content (AvgIpc) is 2.31. The van der Waals surface area contributed by atoms with Gasteiger partial charge < -0.3 is 0 Å². The van der Waals surface area contributed by atoms with Crippen LogP contribution in [0.4, 0.5) is 0 Å². The normalized spacial score (nSPS) is 28.6. The largest absolute Gasteiger partial charge is 0.123 e. The summed E-state index contributed by atoms with van der Waals surface area (Å²) in [5.74, 6) is 2.21. The second-order valence-electron chi connectivity index (χ2n) is 5.93. The molecule has 1 fully saturated rings. The Labute approximate surface area is 121 Å². The Morgan fingerprint density at radius 1 is 1.28 bits per heavy atom. The molecule has 2 heteroatoms. The maximum absolute atomic E-state index is 6.51. The van der Waals surface area contributed by atoms with Crippen molar-refractivity contribution in [2.24, 2.45) is 17.8 Å². The van der Waals surface area contributed by atoms with Crippen molar-refractivity contribution in [2.45, 2.75) is 44.9 Å². The lowest BCUT2D eigenvalue weighted by molar-refractivity contribution is 0.218. The van der Waals surface area contributed by atoms with Gasteiger partial charge in [0.2, 0.25) is 0 Å². The van der Waals surface area contributed by atoms with Crippen LogP contribution in [0.5, 0.6) is 0 Å². The summed E-state index contributed by atoms with van der Waals surface area (Å²) in [5.41, 5.74) is 1.32. The molecule has 0 bridgehead atoms. The maximum Gasteiger partial charge on any atom is 0.0408 e. The molecule has 0 amide bonds. The van der Waals surface area contributed by atoms with Crippen molar-refractivity contribution in [3.63, 3.8) is 0 Å². The smallest absolute Gasteiger partial charge is 0.0408 e. The van der Waals surface area contributed by atoms with E-state index in [1.807, 2.05) is 12.1 Å². The zero-order valence-electron chi connectivity index (χ0n) is 11.2. The first-order valence-corrected chi connectivity index (χ1v) is 7.76. The summed E-state index contributed by atoms with van der Waals surface area (Å²) in [4.78, 5) is 0. The van der Waals surface area contributed by atoms with Crippen LogP contribution in [0.3, 0.4) is 0 Å². The van der Waals surface area contributed by atoms with Gasteiger partial charge in [-0.05, 0) is 61.1 Å². The fourth-order valence-corrected chi connectivity index (χ4v) is 3.58. The molecule has 1 saturated carbocycles. The molecule has 1 aliphatic rings. The van der Waals surface area contributed by atoms with E-state index in [4.69, 9.17) is 23.2 Å². The number of hydrogen-bond donors (Lipinski definition) is 0. The minimum absolute atomic E-state index is 0.332. The van der Waals surface area contributed by atoms with Gasteiger partial charge in [-0.3, -0.25) is 0 Å². The molecule has 100 valence electrons. The van der Waals surface area contributed by atoms with Crippen LogP contribution in [0.15, 0.2) is 24.3 Å². The van der Waals surface area contributed by atoms with Crippen molar-refractivity contribution >= 4 is 23.2 Å². The van der Waals surface area contributed by atoms with Crippen LogP contribution in [-0.2, 0) is 6.42 Å². The summed E-state index contributed by atoms with van der Waals surface area (Å²) >= 11 is 12.6. The Morgan fingerprint density at radius 2 is 2.06 bits per heavy atom. The molecular formula is C16H22Cl2. The Hall–Kier alpha value is -0.200. The Kier molecular flexibility index (Phi) is 4.98. The molecule has 1 aromatic carbocycles. The van der Waals surface area contributed by atoms with Crippen LogP contribution >= 0.6 is 23.2 Å². The summed E-state index contributed by atoms with van der Waals surface area (Å²) in [5, 5.41) is 1.16. The lowest BCUT2D eigenvalue weighted by atomic mass is 9.74. The molecular weight excluding hydrogens is 263 g/mol. The highest BCUT2D eigenvalue weighted by Crippen LogP contribution is 2.38. The van der Waals surface area contributed by atoms with E-state index in [1.54, 1.807) is 0 Å². The third-order valence-electron chi connectivity index (χ3n) is 4.26. The van der Waals surface area contributed by atoms with Crippen LogP contribution in [0.25, 0.3) is 0 Å². The summed E-state index contributed by atoms with van der Waals surface area (Å²) in [6, 6.07) is 8.20. The van der Waals surface area contributed by atoms with Crippen LogP contribution in [-0.4, -0.2) is 5.38 Å². The average molecular weight is 285 g/mol. The van der Waals surface area contributed by atoms with Crippen molar-refractivity contribution in [3.05, 3.63) is 34.9 Å². The number of hydrogen-bond acceptors (Lipinski definition) is 0. The summed E-state index contributed by atoms with van der Waals surface area (Å²) in [6.45, 7) is 4.66. The molecule has 3 atom stereocenters. The predicted molar refractivity (Wildman–Crippen MR) is 80.5 cm³/mol. The van der Waals surface area contributed by atoms with E-state index in [0.717, 1.165) is 29.7 Å². The highest BCUT2D eigenvalue weighted by Gasteiger charge is 2.30. The highest BCUT2D eigenvalue weighted by molar-refractivity contribution is 6.30. The molecule has 1 aliphatic carbocycles. The fourth-order valence-electron chi connectivity index (χ4n) is 3.05. The van der Waals surface area contributed by atoms with Gasteiger partial charge in [-0.15, -0.1) is 11.6 Å². The molecule has 18 heavy (non-hydrogen) atoms. The second kappa shape index (κ2) is 6.30. The molecule has 0 N–H and O–H groups in total. The van der Waals surface area contributed by atoms with E-state index in [0.29, 0.717) is 11.3 Å². The second-order valence-corrected chi connectivity index (χ2v) is 6.92. The van der Waals surface area contributed by atoms with Gasteiger partial charge in [0.05, 0.1) is 0 Å². The van der Waals surface area contributed by atoms with E-state index in [-0.39, 0.29) is 0 Å². The first-order chi connectivity index (χ1) is 8.56. The molecule has 0 saturated heterocycles. The molecule has 1 aromatic rings. The number of rotatable bonds is 3. The van der Waals surface area contributed by atoms with Gasteiger partial charge >= 0.3 is 0 Å². The van der Waals surface area contributed by atoms with Crippen LogP contribution in [0, 0.1) is 17.8 Å². The highest BCUT2D eigenvalue weighted by atomic mass is 35.5. The first kappa shape index (κ1) is 14.2. The van der Waals surface area contributed by atoms with Crippen LogP contribution in [0.1, 0.15) is 38.7 Å². The van der Waals surface area contributed by atoms with Gasteiger partial charge in [0.25, 0.3) is 0 Å². The van der Waals surface area contributed by atoms with Crippen LogP contribution in [0.2, 0.25) is 5.02 Å². The zero-order valence-corrected chi connectivity index (χ0v) is 12.7. The topological polar surface area (TPSA) is 0 Å². The van der Waals surface area contributed by atoms with Gasteiger partial charge in [0.15, 0.2) is 0 Å². The van der Waals surface area contributed by atoms with E-state index >= 15 is 0 Å². The van der Waals surface area contributed by atoms with Gasteiger partial charge in [0, 0.05) is 10.4 Å². The lowest BCUT2D eigenvalue weighted by Gasteiger charge is -2.35. The zero-order chi connectivity index (χ0) is 13.1. The van der Waals surface area contributed by atoms with Gasteiger partial charge in [0.1, 0.15) is 0 Å². The van der Waals surface area contributed by atoms with E-state index < -0.39 is 0 Å². The fraction of sp³-hybridized carbons (Fsp3) is 0.625.